The standard InChI is InChI=1S/C10H15NOSi/c1-13(2,3)12-10(11)9-7-5-4-6-8-9/h4-8,11H,1-3H3. The van der Waals surface area contributed by atoms with Gasteiger partial charge in [0.25, 0.3) is 0 Å². The normalized spacial score (nSPS) is 11.0. The lowest BCUT2D eigenvalue weighted by molar-refractivity contribution is 0.548. The van der Waals surface area contributed by atoms with Crippen molar-refractivity contribution in [3.05, 3.63) is 35.9 Å². The van der Waals surface area contributed by atoms with Gasteiger partial charge in [-0.2, -0.15) is 0 Å². The van der Waals surface area contributed by atoms with Gasteiger partial charge in [-0.25, -0.2) is 0 Å². The third-order valence-corrected chi connectivity index (χ3v) is 2.26. The fraction of sp³-hybridized carbons (Fsp3) is 0.300. The largest absolute Gasteiger partial charge is 0.531 e. The lowest BCUT2D eigenvalue weighted by atomic mass is 10.2. The molecule has 0 saturated carbocycles. The van der Waals surface area contributed by atoms with Gasteiger partial charge in [-0.15, -0.1) is 0 Å². The van der Waals surface area contributed by atoms with Crippen LogP contribution in [0.25, 0.3) is 0 Å². The molecule has 0 spiro atoms. The van der Waals surface area contributed by atoms with Crippen molar-refractivity contribution < 1.29 is 4.43 Å². The van der Waals surface area contributed by atoms with Gasteiger partial charge in [0.2, 0.25) is 8.32 Å². The molecule has 0 bridgehead atoms. The highest BCUT2D eigenvalue weighted by Crippen LogP contribution is 2.08. The van der Waals surface area contributed by atoms with E-state index >= 15 is 0 Å². The molecule has 0 saturated heterocycles. The van der Waals surface area contributed by atoms with Crippen molar-refractivity contribution in [2.75, 3.05) is 0 Å². The summed E-state index contributed by atoms with van der Waals surface area (Å²) in [5, 5.41) is 7.70. The van der Waals surface area contributed by atoms with Crippen molar-refractivity contribution >= 4 is 14.2 Å². The Bertz CT molecular complexity index is 290. The van der Waals surface area contributed by atoms with E-state index in [9.17, 15) is 0 Å². The van der Waals surface area contributed by atoms with E-state index in [2.05, 4.69) is 19.6 Å². The minimum absolute atomic E-state index is 0.291. The topological polar surface area (TPSA) is 33.1 Å². The van der Waals surface area contributed by atoms with Crippen LogP contribution in [0.2, 0.25) is 19.6 Å². The number of nitrogens with one attached hydrogen (secondary N) is 1. The van der Waals surface area contributed by atoms with Gasteiger partial charge in [-0.05, 0) is 31.8 Å². The van der Waals surface area contributed by atoms with Crippen molar-refractivity contribution in [2.45, 2.75) is 19.6 Å². The summed E-state index contributed by atoms with van der Waals surface area (Å²) in [4.78, 5) is 0. The average molecular weight is 193 g/mol. The molecule has 13 heavy (non-hydrogen) atoms. The van der Waals surface area contributed by atoms with Gasteiger partial charge in [0.15, 0.2) is 5.90 Å². The molecule has 0 heterocycles. The van der Waals surface area contributed by atoms with Crippen LogP contribution < -0.4 is 0 Å². The smallest absolute Gasteiger partial charge is 0.244 e. The molecule has 0 aliphatic rings. The zero-order valence-corrected chi connectivity index (χ0v) is 9.29. The van der Waals surface area contributed by atoms with Crippen LogP contribution in [-0.4, -0.2) is 14.2 Å². The summed E-state index contributed by atoms with van der Waals surface area (Å²) >= 11 is 0. The first-order chi connectivity index (χ1) is 5.99. The maximum atomic E-state index is 7.70. The average Bonchev–Trinajstić information content (AvgIpc) is 2.03. The first-order valence-electron chi connectivity index (χ1n) is 4.32. The summed E-state index contributed by atoms with van der Waals surface area (Å²) in [7, 11) is -1.63. The Balaban J connectivity index is 2.71. The predicted octanol–water partition coefficient (Wildman–Crippen LogP) is 2.86. The van der Waals surface area contributed by atoms with E-state index < -0.39 is 8.32 Å². The summed E-state index contributed by atoms with van der Waals surface area (Å²) in [5.74, 6) is 0.291. The third kappa shape index (κ3) is 3.42. The van der Waals surface area contributed by atoms with Gasteiger partial charge in [0, 0.05) is 5.56 Å². The molecule has 1 N–H and O–H groups in total. The molecule has 1 aromatic carbocycles. The summed E-state index contributed by atoms with van der Waals surface area (Å²) in [5.41, 5.74) is 0.852. The van der Waals surface area contributed by atoms with Crippen LogP contribution in [0.3, 0.4) is 0 Å². The fourth-order valence-corrected chi connectivity index (χ4v) is 1.68. The van der Waals surface area contributed by atoms with Gasteiger partial charge in [-0.1, -0.05) is 18.2 Å². The molecule has 1 aromatic rings. The zero-order chi connectivity index (χ0) is 9.90. The molecule has 0 fully saturated rings. The van der Waals surface area contributed by atoms with Gasteiger partial charge < -0.3 is 4.43 Å². The van der Waals surface area contributed by atoms with Crippen LogP contribution in [0.5, 0.6) is 0 Å². The molecule has 2 nitrogen and oxygen atoms in total. The van der Waals surface area contributed by atoms with Gasteiger partial charge in [0.05, 0.1) is 0 Å². The van der Waals surface area contributed by atoms with E-state index in [1.807, 2.05) is 30.3 Å². The van der Waals surface area contributed by atoms with Crippen molar-refractivity contribution in [3.8, 4) is 0 Å². The molecule has 0 unspecified atom stereocenters. The molecule has 0 aliphatic heterocycles. The molecular formula is C10H15NOSi. The molecular weight excluding hydrogens is 178 g/mol. The first-order valence-corrected chi connectivity index (χ1v) is 7.73. The van der Waals surface area contributed by atoms with E-state index in [4.69, 9.17) is 9.84 Å². The molecule has 0 aliphatic carbocycles. The van der Waals surface area contributed by atoms with Crippen molar-refractivity contribution in [1.29, 1.82) is 5.41 Å². The Morgan fingerprint density at radius 2 is 1.69 bits per heavy atom. The van der Waals surface area contributed by atoms with E-state index in [0.717, 1.165) is 5.56 Å². The highest BCUT2D eigenvalue weighted by atomic mass is 28.4. The van der Waals surface area contributed by atoms with Crippen LogP contribution in [0.4, 0.5) is 0 Å². The number of benzene rings is 1. The van der Waals surface area contributed by atoms with Gasteiger partial charge in [0.1, 0.15) is 0 Å². The molecule has 3 heteroatoms. The van der Waals surface area contributed by atoms with Crippen LogP contribution in [-0.2, 0) is 4.43 Å². The minimum Gasteiger partial charge on any atom is -0.531 e. The molecule has 0 aromatic heterocycles. The van der Waals surface area contributed by atoms with Gasteiger partial charge in [-0.3, -0.25) is 5.41 Å². The Morgan fingerprint density at radius 3 is 2.15 bits per heavy atom. The third-order valence-electron chi connectivity index (χ3n) is 1.44. The highest BCUT2D eigenvalue weighted by Gasteiger charge is 2.18. The van der Waals surface area contributed by atoms with Crippen LogP contribution in [0.1, 0.15) is 5.56 Å². The number of hydrogen-bond donors (Lipinski definition) is 1. The number of rotatable bonds is 2. The quantitative estimate of drug-likeness (QED) is 0.437. The van der Waals surface area contributed by atoms with E-state index in [1.165, 1.54) is 0 Å². The highest BCUT2D eigenvalue weighted by molar-refractivity contribution is 6.71. The van der Waals surface area contributed by atoms with Crippen LogP contribution >= 0.6 is 0 Å². The molecule has 70 valence electrons. The predicted molar refractivity (Wildman–Crippen MR) is 57.7 cm³/mol. The lowest BCUT2D eigenvalue weighted by Gasteiger charge is -2.19. The molecule has 0 atom stereocenters. The van der Waals surface area contributed by atoms with Gasteiger partial charge >= 0.3 is 0 Å². The lowest BCUT2D eigenvalue weighted by Crippen LogP contribution is -2.29. The second kappa shape index (κ2) is 3.74. The SMILES string of the molecule is C[Si](C)(C)OC(=N)c1ccccc1. The minimum atomic E-state index is -1.63. The van der Waals surface area contributed by atoms with Crippen LogP contribution in [0.15, 0.2) is 30.3 Å². The Labute approximate surface area is 80.2 Å². The summed E-state index contributed by atoms with van der Waals surface area (Å²) in [6.45, 7) is 6.22. The van der Waals surface area contributed by atoms with Crippen LogP contribution in [0, 0.1) is 5.41 Å². The summed E-state index contributed by atoms with van der Waals surface area (Å²) < 4.78 is 5.55. The zero-order valence-electron chi connectivity index (χ0n) is 8.29. The first kappa shape index (κ1) is 9.99. The Hall–Kier alpha value is -1.09. The van der Waals surface area contributed by atoms with Crippen molar-refractivity contribution in [2.24, 2.45) is 0 Å². The number of hydrogen-bond acceptors (Lipinski definition) is 2. The summed E-state index contributed by atoms with van der Waals surface area (Å²) in [6.07, 6.45) is 0. The van der Waals surface area contributed by atoms with Crippen molar-refractivity contribution in [1.82, 2.24) is 0 Å². The summed E-state index contributed by atoms with van der Waals surface area (Å²) in [6, 6.07) is 9.55. The van der Waals surface area contributed by atoms with E-state index in [0.29, 0.717) is 5.90 Å². The maximum Gasteiger partial charge on any atom is 0.244 e. The monoisotopic (exact) mass is 193 g/mol. The second-order valence-electron chi connectivity index (χ2n) is 3.91. The second-order valence-corrected chi connectivity index (χ2v) is 8.34. The van der Waals surface area contributed by atoms with Crippen molar-refractivity contribution in [3.63, 3.8) is 0 Å². The van der Waals surface area contributed by atoms with E-state index in [1.54, 1.807) is 0 Å². The Kier molecular flexibility index (Phi) is 2.88. The fourth-order valence-electron chi connectivity index (χ4n) is 0.955. The van der Waals surface area contributed by atoms with E-state index in [-0.39, 0.29) is 0 Å². The maximum absolute atomic E-state index is 7.70. The Morgan fingerprint density at radius 1 is 1.15 bits per heavy atom. The molecule has 0 radical (unpaired) electrons. The molecule has 0 amide bonds. The molecule has 1 rings (SSSR count).